The van der Waals surface area contributed by atoms with Gasteiger partial charge >= 0.3 is 0 Å². The number of halogens is 1. The number of aromatic nitrogens is 2. The maximum atomic E-state index is 13.9. The van der Waals surface area contributed by atoms with Crippen molar-refractivity contribution in [2.24, 2.45) is 5.92 Å². The van der Waals surface area contributed by atoms with Crippen LogP contribution in [0.1, 0.15) is 24.2 Å². The number of anilines is 1. The van der Waals surface area contributed by atoms with Crippen LogP contribution in [0.3, 0.4) is 0 Å². The lowest BCUT2D eigenvalue weighted by Gasteiger charge is -2.31. The monoisotopic (exact) mass is 472 g/mol. The van der Waals surface area contributed by atoms with E-state index in [1.807, 2.05) is 30.3 Å². The van der Waals surface area contributed by atoms with Gasteiger partial charge in [0.25, 0.3) is 0 Å². The van der Waals surface area contributed by atoms with Crippen LogP contribution in [0.15, 0.2) is 72.8 Å². The van der Waals surface area contributed by atoms with Crippen molar-refractivity contribution in [3.63, 3.8) is 0 Å². The lowest BCUT2D eigenvalue weighted by molar-refractivity contribution is -0.121. The van der Waals surface area contributed by atoms with Gasteiger partial charge in [-0.15, -0.1) is 0 Å². The van der Waals surface area contributed by atoms with Gasteiger partial charge in [0.1, 0.15) is 17.4 Å². The summed E-state index contributed by atoms with van der Waals surface area (Å²) in [6.07, 6.45) is 1.47. The van der Waals surface area contributed by atoms with Crippen molar-refractivity contribution in [1.82, 2.24) is 14.5 Å². The Morgan fingerprint density at radius 3 is 2.46 bits per heavy atom. The van der Waals surface area contributed by atoms with Crippen molar-refractivity contribution >= 4 is 22.6 Å². The highest BCUT2D eigenvalue weighted by atomic mass is 19.1. The minimum absolute atomic E-state index is 0.110. The predicted molar refractivity (Wildman–Crippen MR) is 135 cm³/mol. The fourth-order valence-electron chi connectivity index (χ4n) is 4.69. The molecule has 1 aromatic heterocycles. The molecule has 1 aliphatic rings. The molecular weight excluding hydrogens is 443 g/mol. The van der Waals surface area contributed by atoms with E-state index in [4.69, 9.17) is 9.72 Å². The number of nitrogens with one attached hydrogen (secondary N) is 1. The molecule has 0 spiro atoms. The van der Waals surface area contributed by atoms with E-state index in [0.717, 1.165) is 55.1 Å². The highest BCUT2D eigenvalue weighted by Gasteiger charge is 2.26. The smallest absolute Gasteiger partial charge is 0.227 e. The van der Waals surface area contributed by atoms with Gasteiger partial charge in [0.2, 0.25) is 5.91 Å². The summed E-state index contributed by atoms with van der Waals surface area (Å²) in [7, 11) is 1.67. The number of likely N-dealkylation sites (tertiary alicyclic amines) is 1. The number of imidazole rings is 1. The van der Waals surface area contributed by atoms with Crippen molar-refractivity contribution in [1.29, 1.82) is 0 Å². The Labute approximate surface area is 204 Å². The molecule has 0 saturated carbocycles. The van der Waals surface area contributed by atoms with Gasteiger partial charge in [0, 0.05) is 12.5 Å². The summed E-state index contributed by atoms with van der Waals surface area (Å²) in [5.74, 6) is 1.21. The molecule has 180 valence electrons. The van der Waals surface area contributed by atoms with E-state index in [1.54, 1.807) is 25.3 Å². The molecule has 1 amide bonds. The van der Waals surface area contributed by atoms with Crippen molar-refractivity contribution in [2.45, 2.75) is 25.9 Å². The van der Waals surface area contributed by atoms with E-state index in [-0.39, 0.29) is 17.5 Å². The second-order valence-electron chi connectivity index (χ2n) is 8.97. The highest BCUT2D eigenvalue weighted by Crippen LogP contribution is 2.24. The predicted octanol–water partition coefficient (Wildman–Crippen LogP) is 5.08. The number of amides is 1. The summed E-state index contributed by atoms with van der Waals surface area (Å²) in [4.78, 5) is 20.0. The number of hydrogen-bond donors (Lipinski definition) is 1. The third-order valence-electron chi connectivity index (χ3n) is 6.69. The number of carbonyl (C=O) groups is 1. The van der Waals surface area contributed by atoms with Crippen LogP contribution in [-0.4, -0.2) is 40.6 Å². The van der Waals surface area contributed by atoms with Crippen LogP contribution in [0.4, 0.5) is 10.1 Å². The van der Waals surface area contributed by atoms with Crippen molar-refractivity contribution in [2.75, 3.05) is 25.5 Å². The topological polar surface area (TPSA) is 59.4 Å². The molecule has 6 nitrogen and oxygen atoms in total. The first kappa shape index (κ1) is 23.1. The van der Waals surface area contributed by atoms with Crippen molar-refractivity contribution < 1.29 is 13.9 Å². The second kappa shape index (κ2) is 10.3. The Balaban J connectivity index is 1.26. The molecule has 0 atom stereocenters. The van der Waals surface area contributed by atoms with Gasteiger partial charge in [-0.2, -0.15) is 0 Å². The number of nitrogens with zero attached hydrogens (tertiary/aromatic N) is 3. The fourth-order valence-corrected chi connectivity index (χ4v) is 4.69. The van der Waals surface area contributed by atoms with Crippen LogP contribution >= 0.6 is 0 Å². The van der Waals surface area contributed by atoms with Crippen molar-refractivity contribution in [3.05, 3.63) is 90.0 Å². The first-order chi connectivity index (χ1) is 17.1. The molecule has 7 heteroatoms. The zero-order chi connectivity index (χ0) is 24.2. The van der Waals surface area contributed by atoms with Gasteiger partial charge in [-0.05, 0) is 67.9 Å². The minimum Gasteiger partial charge on any atom is -0.497 e. The number of methoxy groups -OCH3 is 1. The molecular formula is C28H29FN4O2. The van der Waals surface area contributed by atoms with Gasteiger partial charge < -0.3 is 14.6 Å². The zero-order valence-corrected chi connectivity index (χ0v) is 19.8. The quantitative estimate of drug-likeness (QED) is 0.407. The molecule has 0 unspecified atom stereocenters. The first-order valence-corrected chi connectivity index (χ1v) is 12.0. The molecule has 1 saturated heterocycles. The Bertz CT molecular complexity index is 1310. The standard InChI is InChI=1S/C28H29FN4O2/c1-35-22-12-10-20(11-13-22)18-33-26-9-5-4-8-25(26)30-27(33)19-32-16-14-21(15-17-32)28(34)31-24-7-3-2-6-23(24)29/h2-13,21H,14-19H2,1H3,(H,31,34). The molecule has 0 bridgehead atoms. The van der Waals surface area contributed by atoms with Crippen LogP contribution in [0.2, 0.25) is 0 Å². The third kappa shape index (κ3) is 5.20. The Morgan fingerprint density at radius 1 is 1.00 bits per heavy atom. The Kier molecular flexibility index (Phi) is 6.77. The molecule has 1 fully saturated rings. The average Bonchev–Trinajstić information content (AvgIpc) is 3.23. The molecule has 0 aliphatic carbocycles. The van der Waals surface area contributed by atoms with Crippen LogP contribution in [0.25, 0.3) is 11.0 Å². The number of ether oxygens (including phenoxy) is 1. The molecule has 1 aliphatic heterocycles. The number of benzene rings is 3. The number of carbonyl (C=O) groups excluding carboxylic acids is 1. The van der Waals surface area contributed by atoms with Crippen LogP contribution in [0, 0.1) is 11.7 Å². The molecule has 2 heterocycles. The molecule has 35 heavy (non-hydrogen) atoms. The number of para-hydroxylation sites is 3. The maximum absolute atomic E-state index is 13.9. The van der Waals surface area contributed by atoms with Gasteiger partial charge in [-0.25, -0.2) is 9.37 Å². The van der Waals surface area contributed by atoms with E-state index in [2.05, 4.69) is 33.0 Å². The summed E-state index contributed by atoms with van der Waals surface area (Å²) >= 11 is 0. The summed E-state index contributed by atoms with van der Waals surface area (Å²) in [6.45, 7) is 3.02. The van der Waals surface area contributed by atoms with Gasteiger partial charge in [0.15, 0.2) is 0 Å². The molecule has 3 aromatic carbocycles. The molecule has 1 N–H and O–H groups in total. The number of hydrogen-bond acceptors (Lipinski definition) is 4. The van der Waals surface area contributed by atoms with E-state index in [1.165, 1.54) is 11.6 Å². The average molecular weight is 473 g/mol. The zero-order valence-electron chi connectivity index (χ0n) is 19.8. The number of piperidine rings is 1. The van der Waals surface area contributed by atoms with Crippen LogP contribution in [-0.2, 0) is 17.9 Å². The van der Waals surface area contributed by atoms with E-state index < -0.39 is 5.82 Å². The molecule has 4 aromatic rings. The number of rotatable bonds is 7. The lowest BCUT2D eigenvalue weighted by atomic mass is 9.95. The fraction of sp³-hybridized carbons (Fsp3) is 0.286. The Morgan fingerprint density at radius 2 is 1.71 bits per heavy atom. The minimum atomic E-state index is -0.408. The van der Waals surface area contributed by atoms with Crippen LogP contribution in [0.5, 0.6) is 5.75 Å². The van der Waals surface area contributed by atoms with Crippen LogP contribution < -0.4 is 10.1 Å². The first-order valence-electron chi connectivity index (χ1n) is 12.0. The summed E-state index contributed by atoms with van der Waals surface area (Å²) in [6, 6.07) is 22.6. The second-order valence-corrected chi connectivity index (χ2v) is 8.97. The molecule has 0 radical (unpaired) electrons. The SMILES string of the molecule is COc1ccc(Cn2c(CN3CCC(C(=O)Nc4ccccc4F)CC3)nc3ccccc32)cc1. The van der Waals surface area contributed by atoms with Crippen molar-refractivity contribution in [3.8, 4) is 5.75 Å². The van der Waals surface area contributed by atoms with E-state index in [9.17, 15) is 9.18 Å². The van der Waals surface area contributed by atoms with Gasteiger partial charge in [-0.1, -0.05) is 36.4 Å². The third-order valence-corrected chi connectivity index (χ3v) is 6.69. The van der Waals surface area contributed by atoms with Gasteiger partial charge in [-0.3, -0.25) is 9.69 Å². The summed E-state index contributed by atoms with van der Waals surface area (Å²) in [5, 5.41) is 2.75. The number of fused-ring (bicyclic) bond motifs is 1. The largest absolute Gasteiger partial charge is 0.497 e. The van der Waals surface area contributed by atoms with Gasteiger partial charge in [0.05, 0.1) is 30.4 Å². The van der Waals surface area contributed by atoms with E-state index in [0.29, 0.717) is 6.54 Å². The van der Waals surface area contributed by atoms with E-state index >= 15 is 0 Å². The summed E-state index contributed by atoms with van der Waals surface area (Å²) < 4.78 is 21.5. The maximum Gasteiger partial charge on any atom is 0.227 e. The Hall–Kier alpha value is -3.71. The normalized spacial score (nSPS) is 14.8. The summed E-state index contributed by atoms with van der Waals surface area (Å²) in [5.41, 5.74) is 3.51. The molecule has 5 rings (SSSR count). The lowest BCUT2D eigenvalue weighted by Crippen LogP contribution is -2.38. The highest BCUT2D eigenvalue weighted by molar-refractivity contribution is 5.92.